The number of hydrogen-bond donors (Lipinski definition) is 0. The molecule has 0 saturated carbocycles. The Bertz CT molecular complexity index is 376. The van der Waals surface area contributed by atoms with Crippen LogP contribution in [0.4, 0.5) is 0 Å². The minimum absolute atomic E-state index is 0. The molecule has 19 heavy (non-hydrogen) atoms. The maximum absolute atomic E-state index is 4.03. The van der Waals surface area contributed by atoms with E-state index in [2.05, 4.69) is 18.7 Å². The van der Waals surface area contributed by atoms with E-state index >= 15 is 0 Å². The monoisotopic (exact) mass is 327 g/mol. The summed E-state index contributed by atoms with van der Waals surface area (Å²) in [5, 5.41) is 0. The third kappa shape index (κ3) is 7.45. The second-order valence-corrected chi connectivity index (χ2v) is 3.03. The summed E-state index contributed by atoms with van der Waals surface area (Å²) in [6, 6.07) is 22.0. The molecular weight excluding hydrogens is 305 g/mol. The summed E-state index contributed by atoms with van der Waals surface area (Å²) >= 11 is 0. The fourth-order valence-corrected chi connectivity index (χ4v) is 1.31. The molecule has 0 saturated heterocycles. The Hall–Kier alpha value is -0.716. The molecule has 0 N–H and O–H groups in total. The van der Waals surface area contributed by atoms with Crippen molar-refractivity contribution < 1.29 is 32.7 Å². The van der Waals surface area contributed by atoms with Crippen molar-refractivity contribution in [1.82, 2.24) is 0 Å². The van der Waals surface area contributed by atoms with Crippen molar-refractivity contribution in [2.75, 3.05) is 0 Å². The first kappa shape index (κ1) is 20.6. The summed E-state index contributed by atoms with van der Waals surface area (Å²) in [4.78, 5) is 0. The van der Waals surface area contributed by atoms with Crippen LogP contribution in [0, 0.1) is 12.1 Å². The molecule has 2 aromatic carbocycles. The van der Waals surface area contributed by atoms with E-state index in [0.29, 0.717) is 0 Å². The Morgan fingerprint density at radius 2 is 1.16 bits per heavy atom. The van der Waals surface area contributed by atoms with Crippen molar-refractivity contribution in [3.8, 4) is 0 Å². The maximum Gasteiger partial charge on any atom is 0 e. The molecule has 0 atom stereocenters. The van der Waals surface area contributed by atoms with Crippen LogP contribution in [0.25, 0.3) is 5.57 Å². The van der Waals surface area contributed by atoms with E-state index in [4.69, 9.17) is 0 Å². The molecule has 0 bridgehead atoms. The first-order valence-corrected chi connectivity index (χ1v) is 6.51. The predicted molar refractivity (Wildman–Crippen MR) is 81.4 cm³/mol. The smallest absolute Gasteiger partial charge is 0 e. The van der Waals surface area contributed by atoms with Crippen LogP contribution in [0.2, 0.25) is 0 Å². The van der Waals surface area contributed by atoms with E-state index in [1.165, 1.54) is 0 Å². The van der Waals surface area contributed by atoms with Crippen LogP contribution >= 0.6 is 0 Å². The average molecular weight is 327 g/mol. The molecule has 1 heteroatoms. The van der Waals surface area contributed by atoms with E-state index < -0.39 is 0 Å². The molecule has 0 aliphatic rings. The van der Waals surface area contributed by atoms with E-state index in [-0.39, 0.29) is 32.7 Å². The van der Waals surface area contributed by atoms with E-state index in [1.54, 1.807) is 0 Å². The second kappa shape index (κ2) is 13.7. The van der Waals surface area contributed by atoms with Gasteiger partial charge in [-0.1, -0.05) is 27.7 Å². The second-order valence-electron chi connectivity index (χ2n) is 3.03. The van der Waals surface area contributed by atoms with Crippen molar-refractivity contribution in [3.05, 3.63) is 78.4 Å². The molecule has 0 nitrogen and oxygen atoms in total. The van der Waals surface area contributed by atoms with Crippen molar-refractivity contribution in [1.29, 1.82) is 0 Å². The van der Waals surface area contributed by atoms with Crippen LogP contribution in [-0.2, 0) is 32.7 Å². The van der Waals surface area contributed by atoms with Gasteiger partial charge in [-0.15, -0.1) is 83.9 Å². The number of hydrogen-bond acceptors (Lipinski definition) is 0. The zero-order valence-corrected chi connectivity index (χ0v) is 15.2. The predicted octanol–water partition coefficient (Wildman–Crippen LogP) is 5.40. The molecular formula is C18H22Y-2. The quantitative estimate of drug-likeness (QED) is 0.648. The zero-order valence-electron chi connectivity index (χ0n) is 12.4. The van der Waals surface area contributed by atoms with Gasteiger partial charge in [0.2, 0.25) is 0 Å². The van der Waals surface area contributed by atoms with Crippen molar-refractivity contribution in [3.63, 3.8) is 0 Å². The van der Waals surface area contributed by atoms with Crippen LogP contribution in [0.3, 0.4) is 0 Å². The van der Waals surface area contributed by atoms with Crippen LogP contribution in [-0.4, -0.2) is 0 Å². The minimum atomic E-state index is 0. The van der Waals surface area contributed by atoms with Gasteiger partial charge in [-0.3, -0.25) is 0 Å². The van der Waals surface area contributed by atoms with E-state index in [1.807, 2.05) is 76.2 Å². The molecule has 0 heterocycles. The van der Waals surface area contributed by atoms with Gasteiger partial charge in [0, 0.05) is 32.7 Å². The van der Waals surface area contributed by atoms with Gasteiger partial charge >= 0.3 is 0 Å². The minimum Gasteiger partial charge on any atom is -0.147 e. The normalized spacial score (nSPS) is 7.79. The zero-order chi connectivity index (χ0) is 13.8. The molecule has 0 amide bonds. The van der Waals surface area contributed by atoms with Crippen molar-refractivity contribution in [2.24, 2.45) is 0 Å². The summed E-state index contributed by atoms with van der Waals surface area (Å²) in [6.45, 7) is 12.0. The fraction of sp³-hybridized carbons (Fsp3) is 0.222. The molecule has 2 rings (SSSR count). The Kier molecular flexibility index (Phi) is 14.9. The molecule has 0 aromatic heterocycles. The molecule has 2 aromatic rings. The Balaban J connectivity index is 0. The summed E-state index contributed by atoms with van der Waals surface area (Å²) < 4.78 is 0. The topological polar surface area (TPSA) is 0 Å². The van der Waals surface area contributed by atoms with Gasteiger partial charge in [-0.25, -0.2) is 0 Å². The average Bonchev–Trinajstić information content (AvgIpc) is 2.52. The molecule has 99 valence electrons. The third-order valence-corrected chi connectivity index (χ3v) is 2.07. The maximum atomic E-state index is 4.03. The number of rotatable bonds is 2. The third-order valence-electron chi connectivity index (χ3n) is 2.07. The van der Waals surface area contributed by atoms with Crippen LogP contribution < -0.4 is 0 Å². The van der Waals surface area contributed by atoms with Gasteiger partial charge in [0.25, 0.3) is 0 Å². The van der Waals surface area contributed by atoms with Crippen molar-refractivity contribution in [2.45, 2.75) is 27.7 Å². The van der Waals surface area contributed by atoms with Gasteiger partial charge in [-0.2, -0.15) is 0 Å². The van der Waals surface area contributed by atoms with Gasteiger partial charge in [0.15, 0.2) is 0 Å². The number of benzene rings is 2. The van der Waals surface area contributed by atoms with Crippen LogP contribution in [0.15, 0.2) is 55.1 Å². The summed E-state index contributed by atoms with van der Waals surface area (Å²) in [6.07, 6.45) is 0. The molecule has 0 aliphatic heterocycles. The van der Waals surface area contributed by atoms with E-state index in [9.17, 15) is 0 Å². The van der Waals surface area contributed by atoms with Gasteiger partial charge in [0.1, 0.15) is 0 Å². The molecule has 1 radical (unpaired) electrons. The van der Waals surface area contributed by atoms with Gasteiger partial charge in [0.05, 0.1) is 0 Å². The fourth-order valence-electron chi connectivity index (χ4n) is 1.31. The Labute approximate surface area is 143 Å². The molecule has 0 spiro atoms. The van der Waals surface area contributed by atoms with Crippen molar-refractivity contribution >= 4 is 5.57 Å². The Morgan fingerprint density at radius 1 is 0.789 bits per heavy atom. The van der Waals surface area contributed by atoms with Gasteiger partial charge < -0.3 is 0 Å². The summed E-state index contributed by atoms with van der Waals surface area (Å²) in [5.41, 5.74) is 3.01. The first-order chi connectivity index (χ1) is 8.88. The summed E-state index contributed by atoms with van der Waals surface area (Å²) in [7, 11) is 0. The van der Waals surface area contributed by atoms with E-state index in [0.717, 1.165) is 16.7 Å². The Morgan fingerprint density at radius 3 is 1.42 bits per heavy atom. The largest absolute Gasteiger partial charge is 0.147 e. The van der Waals surface area contributed by atoms with Gasteiger partial charge in [-0.05, 0) is 0 Å². The summed E-state index contributed by atoms with van der Waals surface area (Å²) in [5.74, 6) is 0. The first-order valence-electron chi connectivity index (χ1n) is 6.51. The van der Waals surface area contributed by atoms with Crippen LogP contribution in [0.5, 0.6) is 0 Å². The van der Waals surface area contributed by atoms with Crippen LogP contribution in [0.1, 0.15) is 38.8 Å². The molecule has 0 aliphatic carbocycles. The SMILES string of the molecule is C=C(c1[c-]cccc1)c1[c-]cccc1.CC.CC.[Y]. The standard InChI is InChI=1S/C14H10.2C2H6.Y/c1-12(13-8-4-2-5-9-13)14-10-6-3-7-11-14;2*1-2;/h2-8,10H,1H2;2*1-2H3;/q-2;;;. The molecule has 0 fully saturated rings. The molecule has 0 unspecified atom stereocenters.